The zero-order chi connectivity index (χ0) is 20.1. The minimum Gasteiger partial charge on any atom is -0.464 e. The normalized spacial score (nSPS) is 16.9. The fourth-order valence-electron chi connectivity index (χ4n) is 3.04. The largest absolute Gasteiger partial charge is 0.635 e. The molecule has 0 saturated carbocycles. The molecule has 2 amide bonds. The van der Waals surface area contributed by atoms with E-state index in [1.54, 1.807) is 11.0 Å². The van der Waals surface area contributed by atoms with Crippen molar-refractivity contribution >= 4 is 30.3 Å². The molecule has 1 aromatic carbocycles. The van der Waals surface area contributed by atoms with E-state index in [1.807, 2.05) is 18.2 Å². The number of likely N-dealkylation sites (tertiary alicyclic amines) is 1. The zero-order valence-corrected chi connectivity index (χ0v) is 15.1. The third-order valence-corrected chi connectivity index (χ3v) is 4.54. The Labute approximate surface area is 161 Å². The van der Waals surface area contributed by atoms with E-state index in [2.05, 4.69) is 11.9 Å². The zero-order valence-electron chi connectivity index (χ0n) is 15.1. The number of benzene rings is 1. The molecule has 0 spiro atoms. The van der Waals surface area contributed by atoms with Gasteiger partial charge in [0.25, 0.3) is 0 Å². The van der Waals surface area contributed by atoms with Gasteiger partial charge in [-0.2, -0.15) is 0 Å². The summed E-state index contributed by atoms with van der Waals surface area (Å²) in [6.07, 6.45) is 1.74. The highest BCUT2D eigenvalue weighted by atomic mass is 16.6. The van der Waals surface area contributed by atoms with E-state index in [0.29, 0.717) is 12.1 Å². The number of hydrogen-bond acceptors (Lipinski definition) is 7. The summed E-state index contributed by atoms with van der Waals surface area (Å²) in [5.41, 5.74) is 1.39. The van der Waals surface area contributed by atoms with Crippen molar-refractivity contribution in [2.75, 3.05) is 13.2 Å². The van der Waals surface area contributed by atoms with Gasteiger partial charge in [0.05, 0.1) is 12.3 Å². The fourth-order valence-corrected chi connectivity index (χ4v) is 3.04. The number of hydrogen-bond donors (Lipinski definition) is 3. The number of amides is 2. The van der Waals surface area contributed by atoms with Crippen molar-refractivity contribution in [1.29, 1.82) is 0 Å². The summed E-state index contributed by atoms with van der Waals surface area (Å²) in [5.74, 6) is -0.211. The van der Waals surface area contributed by atoms with Crippen LogP contribution in [0.1, 0.15) is 12.0 Å². The molecule has 148 valence electrons. The summed E-state index contributed by atoms with van der Waals surface area (Å²) < 4.78 is 15.5. The summed E-state index contributed by atoms with van der Waals surface area (Å²) in [7, 11) is -2.07. The lowest BCUT2D eigenvalue weighted by Crippen LogP contribution is -2.53. The summed E-state index contributed by atoms with van der Waals surface area (Å²) in [6.45, 7) is 4.05. The number of nitrogens with zero attached hydrogens (tertiary/aromatic N) is 1. The monoisotopic (exact) mass is 388 g/mol. The van der Waals surface area contributed by atoms with Crippen LogP contribution in [0.2, 0.25) is 0 Å². The number of carbonyl (C=O) groups excluding carboxylic acids is 2. The van der Waals surface area contributed by atoms with Crippen molar-refractivity contribution < 1.29 is 33.4 Å². The Hall–Kier alpha value is -2.82. The van der Waals surface area contributed by atoms with Gasteiger partial charge in [0.15, 0.2) is 0 Å². The van der Waals surface area contributed by atoms with Crippen LogP contribution >= 0.6 is 0 Å². The van der Waals surface area contributed by atoms with E-state index in [1.165, 1.54) is 12.3 Å². The minimum absolute atomic E-state index is 0.0223. The smallest absolute Gasteiger partial charge is 0.464 e. The Kier molecular flexibility index (Phi) is 6.35. The standard InChI is InChI=1S/C18H21BN2O7/c1-2-17(22)21-8-7-13(21)11-27-18(23)20-16(28-19(24)25)9-12-10-26-15-6-4-3-5-14(12)15/h2-6,10,13,16,24-25H,1,7-9,11H2,(H,20,23)/t13-,16-/m1/s1. The number of carbonyl (C=O) groups is 2. The molecule has 1 aromatic heterocycles. The highest BCUT2D eigenvalue weighted by Gasteiger charge is 2.32. The molecule has 28 heavy (non-hydrogen) atoms. The molecular weight excluding hydrogens is 367 g/mol. The van der Waals surface area contributed by atoms with Crippen LogP contribution in [0.4, 0.5) is 4.79 Å². The average Bonchev–Trinajstić information content (AvgIpc) is 3.03. The Balaban J connectivity index is 1.57. The van der Waals surface area contributed by atoms with Gasteiger partial charge in [0, 0.05) is 23.9 Å². The van der Waals surface area contributed by atoms with Crippen molar-refractivity contribution in [2.24, 2.45) is 0 Å². The lowest BCUT2D eigenvalue weighted by atomic mass is 10.0. The fraction of sp³-hybridized carbons (Fsp3) is 0.333. The van der Waals surface area contributed by atoms with Gasteiger partial charge in [-0.3, -0.25) is 10.1 Å². The van der Waals surface area contributed by atoms with Crippen LogP contribution in [0.15, 0.2) is 47.6 Å². The maximum atomic E-state index is 12.1. The van der Waals surface area contributed by atoms with E-state index in [-0.39, 0.29) is 25.0 Å². The van der Waals surface area contributed by atoms with Crippen LogP contribution in [0.5, 0.6) is 0 Å². The van der Waals surface area contributed by atoms with Gasteiger partial charge in [-0.15, -0.1) is 0 Å². The molecule has 2 heterocycles. The van der Waals surface area contributed by atoms with E-state index in [4.69, 9.17) is 23.9 Å². The van der Waals surface area contributed by atoms with Crippen LogP contribution in [0, 0.1) is 0 Å². The number of para-hydroxylation sites is 1. The van der Waals surface area contributed by atoms with Crippen LogP contribution in [0.3, 0.4) is 0 Å². The van der Waals surface area contributed by atoms with E-state index >= 15 is 0 Å². The van der Waals surface area contributed by atoms with Crippen molar-refractivity contribution in [3.8, 4) is 0 Å². The first kappa shape index (κ1) is 19.9. The van der Waals surface area contributed by atoms with Gasteiger partial charge in [-0.25, -0.2) is 4.79 Å². The summed E-state index contributed by atoms with van der Waals surface area (Å²) in [4.78, 5) is 25.3. The van der Waals surface area contributed by atoms with Crippen molar-refractivity contribution in [3.05, 3.63) is 48.7 Å². The lowest BCUT2D eigenvalue weighted by Gasteiger charge is -2.39. The number of fused-ring (bicyclic) bond motifs is 1. The quantitative estimate of drug-likeness (QED) is 0.347. The molecule has 10 heteroatoms. The topological polar surface area (TPSA) is 121 Å². The molecule has 3 N–H and O–H groups in total. The SMILES string of the molecule is C=CC(=O)N1CC[C@@H]1COC(=O)N[C@@H](Cc1coc2ccccc12)OB(O)O. The first-order chi connectivity index (χ1) is 13.5. The third-order valence-electron chi connectivity index (χ3n) is 4.54. The Bertz CT molecular complexity index is 853. The molecule has 9 nitrogen and oxygen atoms in total. The molecule has 1 fully saturated rings. The van der Waals surface area contributed by atoms with Crippen LogP contribution < -0.4 is 5.32 Å². The van der Waals surface area contributed by atoms with Gasteiger partial charge in [0.1, 0.15) is 18.4 Å². The molecule has 0 unspecified atom stereocenters. The van der Waals surface area contributed by atoms with Crippen LogP contribution in [0.25, 0.3) is 11.0 Å². The van der Waals surface area contributed by atoms with Gasteiger partial charge in [0.2, 0.25) is 5.91 Å². The van der Waals surface area contributed by atoms with Crippen molar-refractivity contribution in [2.45, 2.75) is 25.1 Å². The predicted octanol–water partition coefficient (Wildman–Crippen LogP) is 0.801. The number of rotatable bonds is 8. The van der Waals surface area contributed by atoms with Gasteiger partial charge >= 0.3 is 13.4 Å². The van der Waals surface area contributed by atoms with Crippen molar-refractivity contribution in [1.82, 2.24) is 10.2 Å². The molecule has 1 aliphatic heterocycles. The highest BCUT2D eigenvalue weighted by Crippen LogP contribution is 2.22. The van der Waals surface area contributed by atoms with E-state index in [9.17, 15) is 9.59 Å². The molecule has 1 saturated heterocycles. The highest BCUT2D eigenvalue weighted by molar-refractivity contribution is 6.32. The lowest BCUT2D eigenvalue weighted by molar-refractivity contribution is -0.135. The van der Waals surface area contributed by atoms with Crippen molar-refractivity contribution in [3.63, 3.8) is 0 Å². The van der Waals surface area contributed by atoms with Gasteiger partial charge in [-0.1, -0.05) is 24.8 Å². The summed E-state index contributed by atoms with van der Waals surface area (Å²) in [5, 5.41) is 21.5. The summed E-state index contributed by atoms with van der Waals surface area (Å²) in [6, 6.07) is 7.12. The van der Waals surface area contributed by atoms with Crippen LogP contribution in [-0.2, 0) is 20.6 Å². The predicted molar refractivity (Wildman–Crippen MR) is 99.8 cm³/mol. The average molecular weight is 388 g/mol. The third kappa shape index (κ3) is 4.72. The molecule has 3 rings (SSSR count). The van der Waals surface area contributed by atoms with Gasteiger partial charge < -0.3 is 28.8 Å². The molecular formula is C18H21BN2O7. The second kappa shape index (κ2) is 8.92. The molecule has 0 aliphatic carbocycles. The molecule has 2 atom stereocenters. The maximum absolute atomic E-state index is 12.1. The Morgan fingerprint density at radius 1 is 1.43 bits per heavy atom. The Morgan fingerprint density at radius 3 is 2.89 bits per heavy atom. The minimum atomic E-state index is -2.07. The molecule has 0 radical (unpaired) electrons. The first-order valence-corrected chi connectivity index (χ1v) is 8.81. The van der Waals surface area contributed by atoms with Gasteiger partial charge in [-0.05, 0) is 18.6 Å². The number of ether oxygens (including phenoxy) is 1. The second-order valence-corrected chi connectivity index (χ2v) is 6.33. The van der Waals surface area contributed by atoms with Crippen LogP contribution in [-0.4, -0.2) is 59.7 Å². The van der Waals surface area contributed by atoms with E-state index in [0.717, 1.165) is 17.4 Å². The molecule has 0 bridgehead atoms. The first-order valence-electron chi connectivity index (χ1n) is 8.81. The summed E-state index contributed by atoms with van der Waals surface area (Å²) >= 11 is 0. The number of alkyl carbamates (subject to hydrolysis) is 1. The Morgan fingerprint density at radius 2 is 2.21 bits per heavy atom. The maximum Gasteiger partial charge on any atom is 0.635 e. The number of nitrogens with one attached hydrogen (secondary N) is 1. The molecule has 1 aliphatic rings. The van der Waals surface area contributed by atoms with E-state index < -0.39 is 19.6 Å². The number of furan rings is 1. The molecule has 2 aromatic rings. The second-order valence-electron chi connectivity index (χ2n) is 6.33.